The summed E-state index contributed by atoms with van der Waals surface area (Å²) in [5, 5.41) is 0. The summed E-state index contributed by atoms with van der Waals surface area (Å²) in [7, 11) is 0. The molecule has 0 unspecified atom stereocenters. The lowest BCUT2D eigenvalue weighted by Crippen LogP contribution is -2.11. The smallest absolute Gasteiger partial charge is 0.122 e. The molecular weight excluding hydrogens is 268 g/mol. The minimum atomic E-state index is 0.654. The number of benzene rings is 2. The van der Waals surface area contributed by atoms with Crippen LogP contribution in [0.25, 0.3) is 11.1 Å². The second-order valence-electron chi connectivity index (χ2n) is 6.04. The summed E-state index contributed by atoms with van der Waals surface area (Å²) in [6.45, 7) is 9.61. The van der Waals surface area contributed by atoms with Crippen molar-refractivity contribution in [2.45, 2.75) is 47.0 Å². The lowest BCUT2D eigenvalue weighted by Gasteiger charge is -2.17. The van der Waals surface area contributed by atoms with Crippen LogP contribution >= 0.6 is 0 Å². The third-order valence-corrected chi connectivity index (χ3v) is 4.46. The standard InChI is InChI=1S/C21H28O/c1-5-17(6-2)15-22-21-13-12-20(14-18(21)7-3)19-10-8-16(4)9-11-19/h8-14,17H,5-7,15H2,1-4H3. The quantitative estimate of drug-likeness (QED) is 0.605. The van der Waals surface area contributed by atoms with Crippen molar-refractivity contribution in [1.29, 1.82) is 0 Å². The van der Waals surface area contributed by atoms with Gasteiger partial charge < -0.3 is 4.74 Å². The van der Waals surface area contributed by atoms with Gasteiger partial charge in [0, 0.05) is 0 Å². The first kappa shape index (κ1) is 16.6. The van der Waals surface area contributed by atoms with E-state index in [1.807, 2.05) is 0 Å². The number of hydrogen-bond acceptors (Lipinski definition) is 1. The molecule has 1 heteroatoms. The van der Waals surface area contributed by atoms with Crippen LogP contribution in [0.4, 0.5) is 0 Å². The van der Waals surface area contributed by atoms with E-state index in [-0.39, 0.29) is 0 Å². The van der Waals surface area contributed by atoms with Crippen molar-refractivity contribution in [1.82, 2.24) is 0 Å². The molecule has 0 aromatic heterocycles. The first-order chi connectivity index (χ1) is 10.7. The molecule has 118 valence electrons. The Balaban J connectivity index is 2.18. The summed E-state index contributed by atoms with van der Waals surface area (Å²) in [6.07, 6.45) is 3.36. The maximum absolute atomic E-state index is 6.08. The van der Waals surface area contributed by atoms with Gasteiger partial charge in [0.05, 0.1) is 6.61 Å². The zero-order chi connectivity index (χ0) is 15.9. The number of rotatable bonds is 7. The summed E-state index contributed by atoms with van der Waals surface area (Å²) in [5.74, 6) is 1.70. The van der Waals surface area contributed by atoms with Crippen molar-refractivity contribution < 1.29 is 4.74 Å². The maximum Gasteiger partial charge on any atom is 0.122 e. The normalized spacial score (nSPS) is 11.0. The van der Waals surface area contributed by atoms with Gasteiger partial charge in [0.1, 0.15) is 5.75 Å². The molecule has 0 heterocycles. The second kappa shape index (κ2) is 8.03. The van der Waals surface area contributed by atoms with Gasteiger partial charge in [-0.15, -0.1) is 0 Å². The molecule has 0 aliphatic rings. The van der Waals surface area contributed by atoms with E-state index in [0.717, 1.165) is 18.8 Å². The Labute approximate surface area is 135 Å². The van der Waals surface area contributed by atoms with E-state index in [9.17, 15) is 0 Å². The van der Waals surface area contributed by atoms with Gasteiger partial charge in [-0.3, -0.25) is 0 Å². The first-order valence-corrected chi connectivity index (χ1v) is 8.50. The van der Waals surface area contributed by atoms with Crippen LogP contribution in [0.15, 0.2) is 42.5 Å². The van der Waals surface area contributed by atoms with E-state index < -0.39 is 0 Å². The van der Waals surface area contributed by atoms with E-state index >= 15 is 0 Å². The Hall–Kier alpha value is -1.76. The van der Waals surface area contributed by atoms with Crippen LogP contribution in [0.1, 0.15) is 44.7 Å². The fourth-order valence-corrected chi connectivity index (χ4v) is 2.65. The van der Waals surface area contributed by atoms with Crippen molar-refractivity contribution in [2.24, 2.45) is 5.92 Å². The summed E-state index contributed by atoms with van der Waals surface area (Å²) >= 11 is 0. The monoisotopic (exact) mass is 296 g/mol. The lowest BCUT2D eigenvalue weighted by atomic mass is 10.00. The van der Waals surface area contributed by atoms with Crippen LogP contribution in [0.3, 0.4) is 0 Å². The van der Waals surface area contributed by atoms with Crippen LogP contribution in [0.2, 0.25) is 0 Å². The van der Waals surface area contributed by atoms with Crippen LogP contribution in [-0.2, 0) is 6.42 Å². The highest BCUT2D eigenvalue weighted by atomic mass is 16.5. The van der Waals surface area contributed by atoms with Gasteiger partial charge in [-0.1, -0.05) is 69.5 Å². The SMILES string of the molecule is CCc1cc(-c2ccc(C)cc2)ccc1OCC(CC)CC. The molecule has 0 atom stereocenters. The van der Waals surface area contributed by atoms with Gasteiger partial charge in [0.2, 0.25) is 0 Å². The largest absolute Gasteiger partial charge is 0.493 e. The molecule has 0 radical (unpaired) electrons. The maximum atomic E-state index is 6.08. The van der Waals surface area contributed by atoms with E-state index in [0.29, 0.717) is 5.92 Å². The molecule has 0 saturated carbocycles. The molecule has 0 fully saturated rings. The summed E-state index contributed by atoms with van der Waals surface area (Å²) in [4.78, 5) is 0. The molecule has 0 aliphatic carbocycles. The van der Waals surface area contributed by atoms with E-state index in [2.05, 4.69) is 70.2 Å². The highest BCUT2D eigenvalue weighted by Crippen LogP contribution is 2.28. The Kier molecular flexibility index (Phi) is 6.06. The Morgan fingerprint density at radius 3 is 2.09 bits per heavy atom. The van der Waals surface area contributed by atoms with Gasteiger partial charge in [-0.25, -0.2) is 0 Å². The fraction of sp³-hybridized carbons (Fsp3) is 0.429. The Morgan fingerprint density at radius 1 is 0.864 bits per heavy atom. The molecule has 0 aliphatic heterocycles. The van der Waals surface area contributed by atoms with Crippen molar-refractivity contribution in [3.63, 3.8) is 0 Å². The summed E-state index contributed by atoms with van der Waals surface area (Å²) in [6, 6.07) is 15.3. The van der Waals surface area contributed by atoms with Crippen LogP contribution < -0.4 is 4.74 Å². The number of hydrogen-bond donors (Lipinski definition) is 0. The zero-order valence-corrected chi connectivity index (χ0v) is 14.4. The van der Waals surface area contributed by atoms with E-state index in [1.54, 1.807) is 0 Å². The topological polar surface area (TPSA) is 9.23 Å². The molecule has 0 N–H and O–H groups in total. The molecular formula is C21H28O. The lowest BCUT2D eigenvalue weighted by molar-refractivity contribution is 0.239. The van der Waals surface area contributed by atoms with Gasteiger partial charge in [-0.05, 0) is 48.1 Å². The fourth-order valence-electron chi connectivity index (χ4n) is 2.65. The molecule has 2 rings (SSSR count). The van der Waals surface area contributed by atoms with Gasteiger partial charge >= 0.3 is 0 Å². The molecule has 1 nitrogen and oxygen atoms in total. The average Bonchev–Trinajstić information content (AvgIpc) is 2.56. The molecule has 2 aromatic carbocycles. The molecule has 2 aromatic rings. The minimum absolute atomic E-state index is 0.654. The van der Waals surface area contributed by atoms with Crippen LogP contribution in [0.5, 0.6) is 5.75 Å². The highest BCUT2D eigenvalue weighted by molar-refractivity contribution is 5.66. The molecule has 0 bridgehead atoms. The summed E-state index contributed by atoms with van der Waals surface area (Å²) in [5.41, 5.74) is 5.13. The number of aryl methyl sites for hydroxylation is 2. The van der Waals surface area contributed by atoms with Crippen molar-refractivity contribution >= 4 is 0 Å². The Bertz CT molecular complexity index is 579. The Morgan fingerprint density at radius 2 is 1.50 bits per heavy atom. The first-order valence-electron chi connectivity index (χ1n) is 8.50. The summed E-state index contributed by atoms with van der Waals surface area (Å²) < 4.78 is 6.08. The van der Waals surface area contributed by atoms with E-state index in [1.165, 1.54) is 35.1 Å². The molecule has 22 heavy (non-hydrogen) atoms. The van der Waals surface area contributed by atoms with Crippen LogP contribution in [-0.4, -0.2) is 6.61 Å². The van der Waals surface area contributed by atoms with Crippen molar-refractivity contribution in [3.8, 4) is 16.9 Å². The number of ether oxygens (including phenoxy) is 1. The van der Waals surface area contributed by atoms with Crippen LogP contribution in [0, 0.1) is 12.8 Å². The minimum Gasteiger partial charge on any atom is -0.493 e. The van der Waals surface area contributed by atoms with E-state index in [4.69, 9.17) is 4.74 Å². The molecule has 0 amide bonds. The van der Waals surface area contributed by atoms with Gasteiger partial charge in [0.25, 0.3) is 0 Å². The van der Waals surface area contributed by atoms with Crippen molar-refractivity contribution in [2.75, 3.05) is 6.61 Å². The van der Waals surface area contributed by atoms with Gasteiger partial charge in [-0.2, -0.15) is 0 Å². The van der Waals surface area contributed by atoms with Gasteiger partial charge in [0.15, 0.2) is 0 Å². The third kappa shape index (κ3) is 4.13. The predicted octanol–water partition coefficient (Wildman–Crippen LogP) is 6.04. The zero-order valence-electron chi connectivity index (χ0n) is 14.4. The molecule has 0 saturated heterocycles. The second-order valence-corrected chi connectivity index (χ2v) is 6.04. The van der Waals surface area contributed by atoms with Crippen molar-refractivity contribution in [3.05, 3.63) is 53.6 Å². The molecule has 0 spiro atoms. The average molecular weight is 296 g/mol. The third-order valence-electron chi connectivity index (χ3n) is 4.46. The predicted molar refractivity (Wildman–Crippen MR) is 95.6 cm³/mol. The highest BCUT2D eigenvalue weighted by Gasteiger charge is 2.08.